The molecule has 3 aromatic rings. The number of halogens is 1. The largest absolute Gasteiger partial charge is 0.456 e. The summed E-state index contributed by atoms with van der Waals surface area (Å²) in [5, 5.41) is 0.571. The molecule has 0 saturated carbocycles. The number of carbonyl (C=O) groups is 1. The van der Waals surface area contributed by atoms with E-state index in [0.717, 1.165) is 6.26 Å². The Morgan fingerprint density at radius 1 is 1.24 bits per heavy atom. The second kappa shape index (κ2) is 6.50. The van der Waals surface area contributed by atoms with Crippen LogP contribution < -0.4 is 0 Å². The smallest absolute Gasteiger partial charge is 0.338 e. The van der Waals surface area contributed by atoms with Gasteiger partial charge in [-0.15, -0.1) is 0 Å². The molecule has 0 atom stereocenters. The van der Waals surface area contributed by atoms with E-state index in [4.69, 9.17) is 16.3 Å². The maximum atomic E-state index is 12.3. The number of hydrogen-bond acceptors (Lipinski definition) is 5. The van der Waals surface area contributed by atoms with Crippen LogP contribution >= 0.6 is 11.6 Å². The number of benzene rings is 1. The summed E-state index contributed by atoms with van der Waals surface area (Å²) in [6, 6.07) is 7.86. The zero-order chi connectivity index (χ0) is 18.2. The molecular formula is C17H15ClN2O4S. The van der Waals surface area contributed by atoms with Crippen molar-refractivity contribution in [2.75, 3.05) is 6.26 Å². The number of pyridine rings is 1. The second-order valence-electron chi connectivity index (χ2n) is 5.67. The molecule has 6 nitrogen and oxygen atoms in total. The number of ether oxygens (including phenoxy) is 1. The first-order valence-corrected chi connectivity index (χ1v) is 9.62. The van der Waals surface area contributed by atoms with Crippen LogP contribution in [0.4, 0.5) is 0 Å². The van der Waals surface area contributed by atoms with E-state index < -0.39 is 15.8 Å². The number of sulfone groups is 1. The van der Waals surface area contributed by atoms with Crippen LogP contribution in [0.3, 0.4) is 0 Å². The van der Waals surface area contributed by atoms with Crippen molar-refractivity contribution in [3.05, 3.63) is 64.6 Å². The van der Waals surface area contributed by atoms with Gasteiger partial charge in [0.25, 0.3) is 0 Å². The lowest BCUT2D eigenvalue weighted by Gasteiger charge is -2.08. The van der Waals surface area contributed by atoms with Gasteiger partial charge in [0.05, 0.1) is 21.2 Å². The average molecular weight is 379 g/mol. The first-order valence-electron chi connectivity index (χ1n) is 7.35. The van der Waals surface area contributed by atoms with Crippen molar-refractivity contribution in [1.29, 1.82) is 0 Å². The molecule has 25 heavy (non-hydrogen) atoms. The van der Waals surface area contributed by atoms with Crippen LogP contribution in [0.1, 0.15) is 21.6 Å². The van der Waals surface area contributed by atoms with Crippen molar-refractivity contribution in [2.45, 2.75) is 18.4 Å². The number of rotatable bonds is 4. The van der Waals surface area contributed by atoms with E-state index in [0.29, 0.717) is 21.9 Å². The third-order valence-corrected chi connectivity index (χ3v) is 5.01. The summed E-state index contributed by atoms with van der Waals surface area (Å²) >= 11 is 5.92. The molecule has 2 heterocycles. The van der Waals surface area contributed by atoms with Gasteiger partial charge in [-0.2, -0.15) is 0 Å². The van der Waals surface area contributed by atoms with Gasteiger partial charge >= 0.3 is 5.97 Å². The molecule has 0 bridgehead atoms. The molecule has 1 aromatic carbocycles. The number of imidazole rings is 1. The molecule has 0 aliphatic carbocycles. The van der Waals surface area contributed by atoms with Gasteiger partial charge in [0, 0.05) is 18.6 Å². The van der Waals surface area contributed by atoms with Gasteiger partial charge in [0.15, 0.2) is 9.84 Å². The Bertz CT molecular complexity index is 1070. The highest BCUT2D eigenvalue weighted by Crippen LogP contribution is 2.18. The number of fused-ring (bicyclic) bond motifs is 1. The highest BCUT2D eigenvalue weighted by Gasteiger charge is 2.16. The lowest BCUT2D eigenvalue weighted by Crippen LogP contribution is -2.09. The minimum absolute atomic E-state index is 0.0271. The Hall–Kier alpha value is -2.38. The molecule has 0 fully saturated rings. The molecule has 0 aliphatic rings. The van der Waals surface area contributed by atoms with Gasteiger partial charge in [-0.25, -0.2) is 18.2 Å². The molecule has 0 unspecified atom stereocenters. The Balaban J connectivity index is 1.80. The fourth-order valence-electron chi connectivity index (χ4n) is 2.36. The van der Waals surface area contributed by atoms with Crippen molar-refractivity contribution in [3.63, 3.8) is 0 Å². The standard InChI is InChI=1S/C17H15ClN2O4S/c1-11-3-5-14(25(2,22)23)7-15(11)17(21)24-10-13-9-20-8-12(18)4-6-16(20)19-13/h3-9H,10H2,1-2H3. The van der Waals surface area contributed by atoms with Crippen LogP contribution in [-0.4, -0.2) is 30.0 Å². The van der Waals surface area contributed by atoms with E-state index in [2.05, 4.69) is 4.98 Å². The Labute approximate surface area is 149 Å². The summed E-state index contributed by atoms with van der Waals surface area (Å²) in [5.74, 6) is -0.599. The lowest BCUT2D eigenvalue weighted by molar-refractivity contribution is 0.0467. The summed E-state index contributed by atoms with van der Waals surface area (Å²) in [4.78, 5) is 16.7. The quantitative estimate of drug-likeness (QED) is 0.652. The molecule has 0 aliphatic heterocycles. The number of aryl methyl sites for hydroxylation is 1. The maximum Gasteiger partial charge on any atom is 0.338 e. The third kappa shape index (κ3) is 3.83. The average Bonchev–Trinajstić information content (AvgIpc) is 2.93. The summed E-state index contributed by atoms with van der Waals surface area (Å²) in [7, 11) is -3.40. The van der Waals surface area contributed by atoms with E-state index in [-0.39, 0.29) is 17.1 Å². The van der Waals surface area contributed by atoms with Crippen molar-refractivity contribution < 1.29 is 17.9 Å². The first-order chi connectivity index (χ1) is 11.7. The number of nitrogens with zero attached hydrogens (tertiary/aromatic N) is 2. The molecule has 130 valence electrons. The summed E-state index contributed by atoms with van der Waals surface area (Å²) in [6.45, 7) is 1.69. The van der Waals surface area contributed by atoms with Gasteiger partial charge in [-0.3, -0.25) is 0 Å². The maximum absolute atomic E-state index is 12.3. The predicted octanol–water partition coefficient (Wildman–Crippen LogP) is 3.06. The van der Waals surface area contributed by atoms with Crippen LogP contribution in [0.15, 0.2) is 47.6 Å². The van der Waals surface area contributed by atoms with Crippen LogP contribution in [-0.2, 0) is 21.2 Å². The molecule has 0 N–H and O–H groups in total. The van der Waals surface area contributed by atoms with E-state index in [1.54, 1.807) is 41.9 Å². The monoisotopic (exact) mass is 378 g/mol. The Kier molecular flexibility index (Phi) is 4.53. The highest BCUT2D eigenvalue weighted by atomic mass is 35.5. The van der Waals surface area contributed by atoms with Gasteiger partial charge in [-0.05, 0) is 36.8 Å². The molecule has 0 radical (unpaired) electrons. The van der Waals surface area contributed by atoms with Gasteiger partial charge in [0.1, 0.15) is 12.3 Å². The Morgan fingerprint density at radius 3 is 2.72 bits per heavy atom. The van der Waals surface area contributed by atoms with E-state index in [1.165, 1.54) is 12.1 Å². The highest BCUT2D eigenvalue weighted by molar-refractivity contribution is 7.90. The van der Waals surface area contributed by atoms with Gasteiger partial charge in [0.2, 0.25) is 0 Å². The zero-order valence-corrected chi connectivity index (χ0v) is 15.1. The third-order valence-electron chi connectivity index (χ3n) is 3.67. The summed E-state index contributed by atoms with van der Waals surface area (Å²) in [5.41, 5.74) is 2.10. The minimum atomic E-state index is -3.40. The fraction of sp³-hybridized carbons (Fsp3) is 0.176. The van der Waals surface area contributed by atoms with Crippen molar-refractivity contribution in [3.8, 4) is 0 Å². The fourth-order valence-corrected chi connectivity index (χ4v) is 3.17. The molecule has 0 amide bonds. The molecule has 0 saturated heterocycles. The number of carbonyl (C=O) groups excluding carboxylic acids is 1. The summed E-state index contributed by atoms with van der Waals surface area (Å²) < 4.78 is 30.3. The van der Waals surface area contributed by atoms with Crippen LogP contribution in [0.2, 0.25) is 5.02 Å². The summed E-state index contributed by atoms with van der Waals surface area (Å²) in [6.07, 6.45) is 4.51. The molecular weight excluding hydrogens is 364 g/mol. The van der Waals surface area contributed by atoms with Crippen LogP contribution in [0.5, 0.6) is 0 Å². The van der Waals surface area contributed by atoms with Crippen LogP contribution in [0, 0.1) is 6.92 Å². The van der Waals surface area contributed by atoms with Crippen molar-refractivity contribution in [2.24, 2.45) is 0 Å². The molecule has 2 aromatic heterocycles. The lowest BCUT2D eigenvalue weighted by atomic mass is 10.1. The number of hydrogen-bond donors (Lipinski definition) is 0. The zero-order valence-electron chi connectivity index (χ0n) is 13.6. The first kappa shape index (κ1) is 17.4. The van der Waals surface area contributed by atoms with Crippen molar-refractivity contribution >= 4 is 33.1 Å². The number of esters is 1. The van der Waals surface area contributed by atoms with Gasteiger partial charge < -0.3 is 9.14 Å². The van der Waals surface area contributed by atoms with E-state index in [1.807, 2.05) is 0 Å². The topological polar surface area (TPSA) is 77.7 Å². The predicted molar refractivity (Wildman–Crippen MR) is 93.6 cm³/mol. The van der Waals surface area contributed by atoms with E-state index in [9.17, 15) is 13.2 Å². The normalized spacial score (nSPS) is 11.6. The van der Waals surface area contributed by atoms with E-state index >= 15 is 0 Å². The molecule has 0 spiro atoms. The second-order valence-corrected chi connectivity index (χ2v) is 8.12. The number of aromatic nitrogens is 2. The van der Waals surface area contributed by atoms with Gasteiger partial charge in [-0.1, -0.05) is 17.7 Å². The Morgan fingerprint density at radius 2 is 2.00 bits per heavy atom. The van der Waals surface area contributed by atoms with Crippen molar-refractivity contribution in [1.82, 2.24) is 9.38 Å². The SMILES string of the molecule is Cc1ccc(S(C)(=O)=O)cc1C(=O)OCc1cn2cc(Cl)ccc2n1. The minimum Gasteiger partial charge on any atom is -0.456 e. The molecule has 8 heteroatoms. The molecule has 3 rings (SSSR count). The van der Waals surface area contributed by atoms with Crippen LogP contribution in [0.25, 0.3) is 5.65 Å².